The maximum atomic E-state index is 12.3. The lowest BCUT2D eigenvalue weighted by Gasteiger charge is -2.12. The summed E-state index contributed by atoms with van der Waals surface area (Å²) < 4.78 is 20.8. The van der Waals surface area contributed by atoms with E-state index in [4.69, 9.17) is 18.9 Å². The number of aromatic hydroxyl groups is 1. The Morgan fingerprint density at radius 1 is 0.920 bits per heavy atom. The Kier molecular flexibility index (Phi) is 5.75. The first kappa shape index (κ1) is 18.0. The smallest absolute Gasteiger partial charge is 0.240 e. The normalized spacial score (nSPS) is 9.60. The summed E-state index contributed by atoms with van der Waals surface area (Å²) in [6.45, 7) is 0. The van der Waals surface area contributed by atoms with Crippen molar-refractivity contribution in [3.05, 3.63) is 41.5 Å². The number of carbonyl (C=O) groups excluding carboxylic acids is 1. The molecular formula is C19H18O6. The molecule has 0 saturated carbocycles. The molecule has 0 spiro atoms. The predicted molar refractivity (Wildman–Crippen MR) is 92.0 cm³/mol. The van der Waals surface area contributed by atoms with Gasteiger partial charge in [-0.25, -0.2) is 0 Å². The maximum Gasteiger partial charge on any atom is 0.240 e. The van der Waals surface area contributed by atoms with E-state index in [1.54, 1.807) is 18.2 Å². The first-order valence-electron chi connectivity index (χ1n) is 7.27. The average molecular weight is 342 g/mol. The number of hydrogen-bond acceptors (Lipinski definition) is 6. The van der Waals surface area contributed by atoms with Gasteiger partial charge in [-0.1, -0.05) is 5.92 Å². The molecule has 0 aliphatic heterocycles. The van der Waals surface area contributed by atoms with Crippen molar-refractivity contribution in [1.29, 1.82) is 0 Å². The lowest BCUT2D eigenvalue weighted by atomic mass is 10.1. The second kappa shape index (κ2) is 7.97. The fourth-order valence-corrected chi connectivity index (χ4v) is 2.17. The third-order valence-corrected chi connectivity index (χ3v) is 3.43. The Morgan fingerprint density at radius 2 is 1.56 bits per heavy atom. The number of ketones is 1. The van der Waals surface area contributed by atoms with Crippen LogP contribution in [0.5, 0.6) is 28.7 Å². The molecule has 0 aromatic heterocycles. The van der Waals surface area contributed by atoms with Crippen LogP contribution in [0.25, 0.3) is 0 Å². The van der Waals surface area contributed by atoms with Gasteiger partial charge in [0.25, 0.3) is 0 Å². The molecule has 0 amide bonds. The van der Waals surface area contributed by atoms with E-state index in [-0.39, 0.29) is 11.3 Å². The zero-order valence-corrected chi connectivity index (χ0v) is 14.4. The van der Waals surface area contributed by atoms with Crippen molar-refractivity contribution in [1.82, 2.24) is 0 Å². The van der Waals surface area contributed by atoms with E-state index in [1.165, 1.54) is 40.6 Å². The second-order valence-electron chi connectivity index (χ2n) is 4.88. The van der Waals surface area contributed by atoms with Crippen molar-refractivity contribution >= 4 is 5.78 Å². The van der Waals surface area contributed by atoms with Gasteiger partial charge in [0.05, 0.1) is 34.0 Å². The predicted octanol–water partition coefficient (Wildman–Crippen LogP) is 2.66. The van der Waals surface area contributed by atoms with Gasteiger partial charge in [0, 0.05) is 5.56 Å². The number of hydrogen-bond donors (Lipinski definition) is 1. The third kappa shape index (κ3) is 3.96. The van der Waals surface area contributed by atoms with Gasteiger partial charge in [-0.05, 0) is 36.3 Å². The molecule has 0 fully saturated rings. The van der Waals surface area contributed by atoms with Gasteiger partial charge in [-0.15, -0.1) is 0 Å². The van der Waals surface area contributed by atoms with E-state index in [0.717, 1.165) is 0 Å². The average Bonchev–Trinajstić information content (AvgIpc) is 2.65. The van der Waals surface area contributed by atoms with Gasteiger partial charge in [0.2, 0.25) is 11.5 Å². The van der Waals surface area contributed by atoms with Crippen LogP contribution in [0.1, 0.15) is 15.9 Å². The molecule has 6 heteroatoms. The lowest BCUT2D eigenvalue weighted by molar-refractivity contribution is 0.105. The first-order valence-corrected chi connectivity index (χ1v) is 7.27. The van der Waals surface area contributed by atoms with Crippen molar-refractivity contribution in [2.24, 2.45) is 0 Å². The largest absolute Gasteiger partial charge is 0.507 e. The Bertz CT molecular complexity index is 820. The molecule has 0 radical (unpaired) electrons. The SMILES string of the molecule is COc1ccc(O)c(C(=O)C#Cc2cc(OC)c(OC)c(OC)c2)c1. The lowest BCUT2D eigenvalue weighted by Crippen LogP contribution is -1.98. The number of phenolic OH excluding ortho intramolecular Hbond substituents is 1. The van der Waals surface area contributed by atoms with Gasteiger partial charge in [0.15, 0.2) is 11.5 Å². The molecular weight excluding hydrogens is 324 g/mol. The molecule has 0 saturated heterocycles. The third-order valence-electron chi connectivity index (χ3n) is 3.43. The molecule has 2 rings (SSSR count). The summed E-state index contributed by atoms with van der Waals surface area (Å²) in [7, 11) is 5.96. The van der Waals surface area contributed by atoms with Crippen LogP contribution in [0.4, 0.5) is 0 Å². The molecule has 0 aliphatic carbocycles. The topological polar surface area (TPSA) is 74.2 Å². The molecule has 0 unspecified atom stereocenters. The minimum atomic E-state index is -0.537. The zero-order chi connectivity index (χ0) is 18.4. The van der Waals surface area contributed by atoms with E-state index < -0.39 is 5.78 Å². The van der Waals surface area contributed by atoms with E-state index >= 15 is 0 Å². The number of ether oxygens (including phenoxy) is 4. The Labute approximate surface area is 145 Å². The Hall–Kier alpha value is -3.33. The fraction of sp³-hybridized carbons (Fsp3) is 0.211. The van der Waals surface area contributed by atoms with E-state index in [0.29, 0.717) is 28.6 Å². The first-order chi connectivity index (χ1) is 12.0. The standard InChI is InChI=1S/C19H18O6/c1-22-13-6-8-16(21)14(11-13)15(20)7-5-12-9-17(23-2)19(25-4)18(10-12)24-3/h6,8-11,21H,1-4H3. The minimum Gasteiger partial charge on any atom is -0.507 e. The van der Waals surface area contributed by atoms with Crippen molar-refractivity contribution < 1.29 is 28.8 Å². The molecule has 6 nitrogen and oxygen atoms in total. The highest BCUT2D eigenvalue weighted by Crippen LogP contribution is 2.37. The fourth-order valence-electron chi connectivity index (χ4n) is 2.17. The van der Waals surface area contributed by atoms with E-state index in [1.807, 2.05) is 0 Å². The molecule has 1 N–H and O–H groups in total. The number of rotatable bonds is 5. The Balaban J connectivity index is 2.39. The monoisotopic (exact) mass is 342 g/mol. The molecule has 25 heavy (non-hydrogen) atoms. The molecule has 130 valence electrons. The van der Waals surface area contributed by atoms with Crippen LogP contribution in [0.15, 0.2) is 30.3 Å². The van der Waals surface area contributed by atoms with Crippen LogP contribution < -0.4 is 18.9 Å². The second-order valence-corrected chi connectivity index (χ2v) is 4.88. The number of benzene rings is 2. The van der Waals surface area contributed by atoms with Gasteiger partial charge in [-0.3, -0.25) is 4.79 Å². The number of methoxy groups -OCH3 is 4. The molecule has 0 aliphatic rings. The minimum absolute atomic E-state index is 0.0688. The molecule has 0 bridgehead atoms. The molecule has 0 atom stereocenters. The summed E-state index contributed by atoms with van der Waals surface area (Å²) in [5, 5.41) is 9.83. The molecule has 0 heterocycles. The van der Waals surface area contributed by atoms with E-state index in [2.05, 4.69) is 11.8 Å². The van der Waals surface area contributed by atoms with Crippen LogP contribution >= 0.6 is 0 Å². The summed E-state index contributed by atoms with van der Waals surface area (Å²) in [4.78, 5) is 12.3. The van der Waals surface area contributed by atoms with Crippen LogP contribution in [0.2, 0.25) is 0 Å². The highest BCUT2D eigenvalue weighted by atomic mass is 16.5. The van der Waals surface area contributed by atoms with Crippen molar-refractivity contribution in [2.75, 3.05) is 28.4 Å². The van der Waals surface area contributed by atoms with E-state index in [9.17, 15) is 9.90 Å². The van der Waals surface area contributed by atoms with Crippen molar-refractivity contribution in [3.8, 4) is 40.6 Å². The number of phenols is 1. The summed E-state index contributed by atoms with van der Waals surface area (Å²) in [6.07, 6.45) is 0. The quantitative estimate of drug-likeness (QED) is 0.665. The molecule has 2 aromatic carbocycles. The zero-order valence-electron chi connectivity index (χ0n) is 14.4. The van der Waals surface area contributed by atoms with Crippen LogP contribution in [-0.2, 0) is 0 Å². The van der Waals surface area contributed by atoms with Crippen molar-refractivity contribution in [2.45, 2.75) is 0 Å². The summed E-state index contributed by atoms with van der Waals surface area (Å²) >= 11 is 0. The summed E-state index contributed by atoms with van der Waals surface area (Å²) in [6, 6.07) is 7.63. The number of carbonyl (C=O) groups is 1. The van der Waals surface area contributed by atoms with Gasteiger partial charge in [-0.2, -0.15) is 0 Å². The van der Waals surface area contributed by atoms with Crippen LogP contribution in [0.3, 0.4) is 0 Å². The highest BCUT2D eigenvalue weighted by molar-refractivity contribution is 6.11. The van der Waals surface area contributed by atoms with Gasteiger partial charge >= 0.3 is 0 Å². The maximum absolute atomic E-state index is 12.3. The molecule has 2 aromatic rings. The summed E-state index contributed by atoms with van der Waals surface area (Å²) in [5.74, 6) is 6.29. The Morgan fingerprint density at radius 3 is 2.08 bits per heavy atom. The van der Waals surface area contributed by atoms with Crippen LogP contribution in [-0.4, -0.2) is 39.3 Å². The van der Waals surface area contributed by atoms with Crippen molar-refractivity contribution in [3.63, 3.8) is 0 Å². The number of Topliss-reactive ketones (excluding diaryl/α,β-unsaturated/α-hetero) is 1. The highest BCUT2D eigenvalue weighted by Gasteiger charge is 2.13. The summed E-state index contributed by atoms with van der Waals surface area (Å²) in [5.41, 5.74) is 0.574. The van der Waals surface area contributed by atoms with Gasteiger partial charge < -0.3 is 24.1 Å². The van der Waals surface area contributed by atoms with Crippen LogP contribution in [0, 0.1) is 11.8 Å². The van der Waals surface area contributed by atoms with Gasteiger partial charge in [0.1, 0.15) is 11.5 Å².